The van der Waals surface area contributed by atoms with Crippen molar-refractivity contribution in [3.63, 3.8) is 0 Å². The van der Waals surface area contributed by atoms with Crippen LogP contribution < -0.4 is 5.32 Å². The Morgan fingerprint density at radius 3 is 1.38 bits per heavy atom. The Kier molecular flexibility index (Phi) is 14.9. The molecule has 0 fully saturated rings. The van der Waals surface area contributed by atoms with E-state index in [0.717, 1.165) is 0 Å². The van der Waals surface area contributed by atoms with Gasteiger partial charge in [0.05, 0.1) is 0 Å². The summed E-state index contributed by atoms with van der Waals surface area (Å²) in [6.07, 6.45) is 15.4. The Hall–Kier alpha value is -0.0400. The lowest BCUT2D eigenvalue weighted by atomic mass is 10.1. The van der Waals surface area contributed by atoms with Gasteiger partial charge in [-0.05, 0) is 25.9 Å². The van der Waals surface area contributed by atoms with E-state index in [4.69, 9.17) is 0 Å². The monoisotopic (exact) mass is 227 g/mol. The normalized spacial score (nSPS) is 10.9. The van der Waals surface area contributed by atoms with Crippen LogP contribution in [0.2, 0.25) is 0 Å². The molecule has 0 bridgehead atoms. The summed E-state index contributed by atoms with van der Waals surface area (Å²) >= 11 is 0. The lowest BCUT2D eigenvalue weighted by Crippen LogP contribution is -2.16. The Balaban J connectivity index is 2.83. The van der Waals surface area contributed by atoms with Crippen molar-refractivity contribution < 1.29 is 0 Å². The summed E-state index contributed by atoms with van der Waals surface area (Å²) in [4.78, 5) is 0. The summed E-state index contributed by atoms with van der Waals surface area (Å²) in [6, 6.07) is 0. The zero-order valence-corrected chi connectivity index (χ0v) is 11.7. The molecule has 0 aromatic rings. The first kappa shape index (κ1) is 16.0. The van der Waals surface area contributed by atoms with Crippen LogP contribution in [0.15, 0.2) is 0 Å². The van der Waals surface area contributed by atoms with Crippen LogP contribution in [0.25, 0.3) is 0 Å². The summed E-state index contributed by atoms with van der Waals surface area (Å²) in [5.41, 5.74) is 0. The summed E-state index contributed by atoms with van der Waals surface area (Å²) in [7, 11) is 0. The van der Waals surface area contributed by atoms with Crippen LogP contribution in [0.1, 0.15) is 84.5 Å². The van der Waals surface area contributed by atoms with Crippen LogP contribution in [0.4, 0.5) is 0 Å². The Bertz CT molecular complexity index is 98.0. The van der Waals surface area contributed by atoms with Gasteiger partial charge in [0.2, 0.25) is 0 Å². The zero-order valence-electron chi connectivity index (χ0n) is 11.7. The molecule has 1 heteroatoms. The molecule has 0 spiro atoms. The highest BCUT2D eigenvalue weighted by atomic mass is 14.8. The van der Waals surface area contributed by atoms with E-state index in [1.54, 1.807) is 0 Å². The van der Waals surface area contributed by atoms with E-state index < -0.39 is 0 Å². The molecule has 0 aliphatic heterocycles. The van der Waals surface area contributed by atoms with E-state index >= 15 is 0 Å². The van der Waals surface area contributed by atoms with Gasteiger partial charge in [-0.25, -0.2) is 0 Å². The summed E-state index contributed by atoms with van der Waals surface area (Å²) in [5.74, 6) is 0. The van der Waals surface area contributed by atoms with Gasteiger partial charge >= 0.3 is 0 Å². The van der Waals surface area contributed by atoms with E-state index in [1.807, 2.05) is 0 Å². The fourth-order valence-electron chi connectivity index (χ4n) is 2.01. The lowest BCUT2D eigenvalue weighted by molar-refractivity contribution is 0.547. The minimum absolute atomic E-state index is 1.23. The number of rotatable bonds is 13. The van der Waals surface area contributed by atoms with Crippen molar-refractivity contribution in [3.8, 4) is 0 Å². The van der Waals surface area contributed by atoms with Gasteiger partial charge < -0.3 is 5.32 Å². The molecule has 0 saturated carbocycles. The Morgan fingerprint density at radius 2 is 0.875 bits per heavy atom. The Morgan fingerprint density at radius 1 is 0.500 bits per heavy atom. The highest BCUT2D eigenvalue weighted by Crippen LogP contribution is 2.06. The van der Waals surface area contributed by atoms with Gasteiger partial charge in [0.15, 0.2) is 0 Å². The first-order valence-corrected chi connectivity index (χ1v) is 7.62. The molecular formula is C15H33N. The maximum absolute atomic E-state index is 3.55. The Labute approximate surface area is 103 Å². The summed E-state index contributed by atoms with van der Waals surface area (Å²) in [6.45, 7) is 7.02. The van der Waals surface area contributed by atoms with Crippen LogP contribution in [0, 0.1) is 0 Å². The van der Waals surface area contributed by atoms with Crippen LogP contribution >= 0.6 is 0 Å². The summed E-state index contributed by atoms with van der Waals surface area (Å²) in [5, 5.41) is 3.55. The zero-order chi connectivity index (χ0) is 11.9. The topological polar surface area (TPSA) is 12.0 Å². The predicted molar refractivity (Wildman–Crippen MR) is 75.0 cm³/mol. The van der Waals surface area contributed by atoms with Crippen molar-refractivity contribution in [1.29, 1.82) is 0 Å². The fourth-order valence-corrected chi connectivity index (χ4v) is 2.01. The second-order valence-corrected chi connectivity index (χ2v) is 4.93. The molecule has 1 nitrogen and oxygen atoms in total. The maximum atomic E-state index is 3.55. The molecule has 0 amide bonds. The maximum Gasteiger partial charge on any atom is -0.00489 e. The van der Waals surface area contributed by atoms with Crippen molar-refractivity contribution in [2.24, 2.45) is 0 Å². The van der Waals surface area contributed by atoms with Gasteiger partial charge in [-0.15, -0.1) is 0 Å². The van der Waals surface area contributed by atoms with E-state index in [1.165, 1.54) is 83.7 Å². The summed E-state index contributed by atoms with van der Waals surface area (Å²) < 4.78 is 0. The molecule has 98 valence electrons. The van der Waals surface area contributed by atoms with Gasteiger partial charge in [-0.1, -0.05) is 71.6 Å². The SMILES string of the molecule is CCCCCCCCCNCCCCCC. The number of nitrogens with one attached hydrogen (secondary N) is 1. The second-order valence-electron chi connectivity index (χ2n) is 4.93. The molecule has 0 heterocycles. The third-order valence-corrected chi connectivity index (χ3v) is 3.16. The van der Waals surface area contributed by atoms with Crippen LogP contribution in [-0.4, -0.2) is 13.1 Å². The average Bonchev–Trinajstić information content (AvgIpc) is 2.31. The van der Waals surface area contributed by atoms with Crippen molar-refractivity contribution in [1.82, 2.24) is 5.32 Å². The smallest absolute Gasteiger partial charge is 0.00489 e. The molecule has 0 aliphatic rings. The molecule has 0 aliphatic carbocycles. The van der Waals surface area contributed by atoms with Crippen LogP contribution in [0.5, 0.6) is 0 Å². The first-order chi connectivity index (χ1) is 7.91. The average molecular weight is 227 g/mol. The fraction of sp³-hybridized carbons (Fsp3) is 1.00. The molecule has 0 aromatic heterocycles. The molecule has 0 saturated heterocycles. The predicted octanol–water partition coefficient (Wildman–Crippen LogP) is 4.91. The number of hydrogen-bond acceptors (Lipinski definition) is 1. The minimum atomic E-state index is 1.23. The number of unbranched alkanes of at least 4 members (excludes halogenated alkanes) is 9. The largest absolute Gasteiger partial charge is 0.317 e. The third-order valence-electron chi connectivity index (χ3n) is 3.16. The van der Waals surface area contributed by atoms with E-state index in [0.29, 0.717) is 0 Å². The molecular weight excluding hydrogens is 194 g/mol. The van der Waals surface area contributed by atoms with Gasteiger partial charge in [0.1, 0.15) is 0 Å². The minimum Gasteiger partial charge on any atom is -0.317 e. The van der Waals surface area contributed by atoms with Gasteiger partial charge in [0.25, 0.3) is 0 Å². The molecule has 1 N–H and O–H groups in total. The van der Waals surface area contributed by atoms with E-state index in [9.17, 15) is 0 Å². The van der Waals surface area contributed by atoms with Crippen molar-refractivity contribution in [2.45, 2.75) is 84.5 Å². The van der Waals surface area contributed by atoms with E-state index in [2.05, 4.69) is 19.2 Å². The van der Waals surface area contributed by atoms with E-state index in [-0.39, 0.29) is 0 Å². The molecule has 0 aromatic carbocycles. The van der Waals surface area contributed by atoms with Crippen LogP contribution in [0.3, 0.4) is 0 Å². The third kappa shape index (κ3) is 14.0. The van der Waals surface area contributed by atoms with Gasteiger partial charge in [-0.2, -0.15) is 0 Å². The van der Waals surface area contributed by atoms with Crippen molar-refractivity contribution >= 4 is 0 Å². The molecule has 0 unspecified atom stereocenters. The highest BCUT2D eigenvalue weighted by molar-refractivity contribution is 4.50. The quantitative estimate of drug-likeness (QED) is 0.441. The molecule has 0 rings (SSSR count). The standard InChI is InChI=1S/C15H33N/c1-3-5-7-9-10-11-13-15-16-14-12-8-6-4-2/h16H,3-15H2,1-2H3. The molecule has 0 radical (unpaired) electrons. The number of hydrogen-bond donors (Lipinski definition) is 1. The lowest BCUT2D eigenvalue weighted by Gasteiger charge is -2.04. The van der Waals surface area contributed by atoms with Gasteiger partial charge in [0, 0.05) is 0 Å². The highest BCUT2D eigenvalue weighted by Gasteiger charge is 1.91. The van der Waals surface area contributed by atoms with Gasteiger partial charge in [-0.3, -0.25) is 0 Å². The second kappa shape index (κ2) is 15.0. The van der Waals surface area contributed by atoms with Crippen molar-refractivity contribution in [2.75, 3.05) is 13.1 Å². The van der Waals surface area contributed by atoms with Crippen LogP contribution in [-0.2, 0) is 0 Å². The molecule has 16 heavy (non-hydrogen) atoms. The van der Waals surface area contributed by atoms with Crippen molar-refractivity contribution in [3.05, 3.63) is 0 Å². The first-order valence-electron chi connectivity index (χ1n) is 7.62. The molecule has 0 atom stereocenters.